The number of methoxy groups -OCH3 is 4. The third-order valence-corrected chi connectivity index (χ3v) is 3.83. The minimum atomic E-state index is -0.586. The Labute approximate surface area is 162 Å². The molecule has 28 heavy (non-hydrogen) atoms. The van der Waals surface area contributed by atoms with Crippen LogP contribution in [0.25, 0.3) is 6.08 Å². The fourth-order valence-corrected chi connectivity index (χ4v) is 2.41. The summed E-state index contributed by atoms with van der Waals surface area (Å²) in [6.07, 6.45) is 2.74. The lowest BCUT2D eigenvalue weighted by Gasteiger charge is -2.11. The summed E-state index contributed by atoms with van der Waals surface area (Å²) >= 11 is 0. The fraction of sp³-hybridized carbons (Fsp3) is 0.250. The molecular weight excluding hydrogens is 368 g/mol. The normalized spacial score (nSPS) is 10.6. The molecule has 0 aliphatic carbocycles. The molecule has 0 atom stereocenters. The predicted molar refractivity (Wildman–Crippen MR) is 101 cm³/mol. The molecule has 0 heterocycles. The van der Waals surface area contributed by atoms with E-state index >= 15 is 0 Å². The fourth-order valence-electron chi connectivity index (χ4n) is 2.41. The molecule has 0 unspecified atom stereocenters. The van der Waals surface area contributed by atoms with Crippen LogP contribution in [0.2, 0.25) is 0 Å². The molecule has 2 rings (SSSR count). The van der Waals surface area contributed by atoms with Gasteiger partial charge in [0.15, 0.2) is 23.0 Å². The van der Waals surface area contributed by atoms with E-state index in [0.29, 0.717) is 11.1 Å². The number of carbonyl (C=O) groups is 1. The van der Waals surface area contributed by atoms with Crippen LogP contribution in [0.5, 0.6) is 34.5 Å². The lowest BCUT2D eigenvalue weighted by molar-refractivity contribution is -0.138. The molecule has 150 valence electrons. The zero-order chi connectivity index (χ0) is 20.7. The van der Waals surface area contributed by atoms with Crippen LogP contribution in [0.15, 0.2) is 30.3 Å². The number of aromatic hydroxyl groups is 2. The second-order valence-corrected chi connectivity index (χ2v) is 5.56. The number of benzene rings is 2. The Morgan fingerprint density at radius 2 is 1.25 bits per heavy atom. The first-order valence-corrected chi connectivity index (χ1v) is 8.17. The maximum atomic E-state index is 12.0. The Hall–Kier alpha value is -3.55. The van der Waals surface area contributed by atoms with Crippen molar-refractivity contribution >= 4 is 12.0 Å². The number of phenols is 2. The summed E-state index contributed by atoms with van der Waals surface area (Å²) < 4.78 is 25.5. The first-order chi connectivity index (χ1) is 13.4. The molecule has 8 heteroatoms. The molecule has 0 amide bonds. The van der Waals surface area contributed by atoms with E-state index in [1.165, 1.54) is 40.6 Å². The lowest BCUT2D eigenvalue weighted by atomic mass is 10.1. The minimum Gasteiger partial charge on any atom is -0.502 e. The predicted octanol–water partition coefficient (Wildman–Crippen LogP) is 2.89. The summed E-state index contributed by atoms with van der Waals surface area (Å²) in [6, 6.07) is 6.20. The molecule has 2 N–H and O–H groups in total. The van der Waals surface area contributed by atoms with Crippen molar-refractivity contribution in [1.82, 2.24) is 0 Å². The Morgan fingerprint density at radius 3 is 1.68 bits per heavy atom. The van der Waals surface area contributed by atoms with E-state index in [1.807, 2.05) is 0 Å². The Balaban J connectivity index is 2.09. The summed E-state index contributed by atoms with van der Waals surface area (Å²) in [4.78, 5) is 12.0. The van der Waals surface area contributed by atoms with Crippen LogP contribution in [-0.2, 0) is 16.1 Å². The van der Waals surface area contributed by atoms with Crippen LogP contribution in [-0.4, -0.2) is 44.6 Å². The van der Waals surface area contributed by atoms with E-state index in [4.69, 9.17) is 23.7 Å². The van der Waals surface area contributed by atoms with Crippen LogP contribution in [0.1, 0.15) is 11.1 Å². The average Bonchev–Trinajstić information content (AvgIpc) is 2.71. The molecule has 2 aromatic carbocycles. The third kappa shape index (κ3) is 4.79. The van der Waals surface area contributed by atoms with Crippen molar-refractivity contribution in [2.24, 2.45) is 0 Å². The van der Waals surface area contributed by atoms with Crippen molar-refractivity contribution < 1.29 is 38.7 Å². The monoisotopic (exact) mass is 390 g/mol. The molecule has 0 radical (unpaired) electrons. The highest BCUT2D eigenvalue weighted by molar-refractivity contribution is 5.87. The molecule has 2 aromatic rings. The standard InChI is InChI=1S/C20H22O8/c1-24-14-7-12(8-15(25-2)19(14)22)5-6-18(21)28-11-13-9-16(26-3)20(23)17(10-13)27-4/h5-10,22-23H,11H2,1-4H3/b6-5+. The average molecular weight is 390 g/mol. The van der Waals surface area contributed by atoms with E-state index in [-0.39, 0.29) is 41.1 Å². The molecule has 8 nitrogen and oxygen atoms in total. The second kappa shape index (κ2) is 9.40. The number of carbonyl (C=O) groups excluding carboxylic acids is 1. The summed E-state index contributed by atoms with van der Waals surface area (Å²) in [5.41, 5.74) is 1.16. The van der Waals surface area contributed by atoms with Gasteiger partial charge in [0.25, 0.3) is 0 Å². The molecule has 0 saturated carbocycles. The Kier molecular flexibility index (Phi) is 6.97. The van der Waals surface area contributed by atoms with Gasteiger partial charge in [0.05, 0.1) is 28.4 Å². The molecule has 0 bridgehead atoms. The van der Waals surface area contributed by atoms with Gasteiger partial charge in [-0.15, -0.1) is 0 Å². The van der Waals surface area contributed by atoms with Crippen LogP contribution in [0.3, 0.4) is 0 Å². The number of hydrogen-bond acceptors (Lipinski definition) is 8. The van der Waals surface area contributed by atoms with Gasteiger partial charge in [0, 0.05) is 6.08 Å². The zero-order valence-electron chi connectivity index (χ0n) is 16.0. The first kappa shape index (κ1) is 20.8. The summed E-state index contributed by atoms with van der Waals surface area (Å²) in [6.45, 7) is -0.0433. The molecule has 0 spiro atoms. The quantitative estimate of drug-likeness (QED) is 0.524. The molecule has 0 aliphatic rings. The molecular formula is C20H22O8. The van der Waals surface area contributed by atoms with Crippen LogP contribution < -0.4 is 18.9 Å². The largest absolute Gasteiger partial charge is 0.502 e. The van der Waals surface area contributed by atoms with E-state index in [2.05, 4.69) is 0 Å². The van der Waals surface area contributed by atoms with E-state index in [0.717, 1.165) is 0 Å². The Bertz CT molecular complexity index is 822. The van der Waals surface area contributed by atoms with E-state index in [1.54, 1.807) is 24.3 Å². The van der Waals surface area contributed by atoms with Crippen molar-refractivity contribution in [3.63, 3.8) is 0 Å². The number of hydrogen-bond donors (Lipinski definition) is 2. The van der Waals surface area contributed by atoms with Crippen molar-refractivity contribution in [3.05, 3.63) is 41.5 Å². The van der Waals surface area contributed by atoms with Gasteiger partial charge >= 0.3 is 5.97 Å². The van der Waals surface area contributed by atoms with Crippen LogP contribution in [0, 0.1) is 0 Å². The van der Waals surface area contributed by atoms with Gasteiger partial charge in [0.2, 0.25) is 11.5 Å². The summed E-state index contributed by atoms with van der Waals surface area (Å²) in [7, 11) is 5.65. The molecule has 0 fully saturated rings. The van der Waals surface area contributed by atoms with E-state index < -0.39 is 5.97 Å². The Morgan fingerprint density at radius 1 is 0.821 bits per heavy atom. The number of rotatable bonds is 8. The first-order valence-electron chi connectivity index (χ1n) is 8.17. The van der Waals surface area contributed by atoms with Crippen molar-refractivity contribution in [2.75, 3.05) is 28.4 Å². The van der Waals surface area contributed by atoms with Crippen LogP contribution in [0.4, 0.5) is 0 Å². The van der Waals surface area contributed by atoms with Gasteiger partial charge in [0.1, 0.15) is 6.61 Å². The van der Waals surface area contributed by atoms with Gasteiger partial charge in [-0.25, -0.2) is 4.79 Å². The summed E-state index contributed by atoms with van der Waals surface area (Å²) in [5, 5.41) is 19.8. The van der Waals surface area contributed by atoms with Gasteiger partial charge < -0.3 is 33.9 Å². The minimum absolute atomic E-state index is 0.0433. The maximum Gasteiger partial charge on any atom is 0.331 e. The molecule has 0 saturated heterocycles. The van der Waals surface area contributed by atoms with Crippen molar-refractivity contribution in [1.29, 1.82) is 0 Å². The topological polar surface area (TPSA) is 104 Å². The zero-order valence-corrected chi connectivity index (χ0v) is 16.0. The highest BCUT2D eigenvalue weighted by Crippen LogP contribution is 2.38. The second-order valence-electron chi connectivity index (χ2n) is 5.56. The third-order valence-electron chi connectivity index (χ3n) is 3.83. The number of phenolic OH excluding ortho intramolecular Hbond substituents is 2. The van der Waals surface area contributed by atoms with Crippen LogP contribution >= 0.6 is 0 Å². The maximum absolute atomic E-state index is 12.0. The highest BCUT2D eigenvalue weighted by Gasteiger charge is 2.13. The molecule has 0 aliphatic heterocycles. The molecule has 0 aromatic heterocycles. The van der Waals surface area contributed by atoms with Gasteiger partial charge in [-0.3, -0.25) is 0 Å². The number of esters is 1. The smallest absolute Gasteiger partial charge is 0.331 e. The lowest BCUT2D eigenvalue weighted by Crippen LogP contribution is -2.01. The summed E-state index contributed by atoms with van der Waals surface area (Å²) in [5.74, 6) is 0.0203. The highest BCUT2D eigenvalue weighted by atomic mass is 16.5. The van der Waals surface area contributed by atoms with E-state index in [9.17, 15) is 15.0 Å². The van der Waals surface area contributed by atoms with Gasteiger partial charge in [-0.1, -0.05) is 0 Å². The number of ether oxygens (including phenoxy) is 5. The van der Waals surface area contributed by atoms with Gasteiger partial charge in [-0.05, 0) is 41.5 Å². The van der Waals surface area contributed by atoms with Gasteiger partial charge in [-0.2, -0.15) is 0 Å². The SMILES string of the molecule is COc1cc(/C=C/C(=O)OCc2cc(OC)c(O)c(OC)c2)cc(OC)c1O. The van der Waals surface area contributed by atoms with Crippen molar-refractivity contribution in [3.8, 4) is 34.5 Å². The van der Waals surface area contributed by atoms with Crippen molar-refractivity contribution in [2.45, 2.75) is 6.61 Å².